The third-order valence-electron chi connectivity index (χ3n) is 4.20. The normalized spacial score (nSPS) is 22.9. The molecule has 138 valence electrons. The molecule has 2 N–H and O–H groups in total. The molecule has 0 bridgehead atoms. The third kappa shape index (κ3) is 7.27. The molecule has 0 aromatic rings. The van der Waals surface area contributed by atoms with Gasteiger partial charge in [0.15, 0.2) is 5.96 Å². The molecular weight excluding hydrogens is 326 g/mol. The van der Waals surface area contributed by atoms with Crippen LogP contribution in [0.2, 0.25) is 0 Å². The lowest BCUT2D eigenvalue weighted by Crippen LogP contribution is -2.48. The molecule has 1 unspecified atom stereocenters. The summed E-state index contributed by atoms with van der Waals surface area (Å²) in [6, 6.07) is 0.438. The second-order valence-corrected chi connectivity index (χ2v) is 7.54. The van der Waals surface area contributed by atoms with E-state index in [0.717, 1.165) is 51.1 Å². The van der Waals surface area contributed by atoms with Crippen molar-refractivity contribution in [2.45, 2.75) is 18.9 Å². The first-order chi connectivity index (χ1) is 11.6. The van der Waals surface area contributed by atoms with Gasteiger partial charge in [0.05, 0.1) is 13.2 Å². The summed E-state index contributed by atoms with van der Waals surface area (Å²) in [7, 11) is 3.52. The predicted octanol–water partition coefficient (Wildman–Crippen LogP) is -0.162. The van der Waals surface area contributed by atoms with Crippen LogP contribution in [0.4, 0.5) is 0 Å². The fourth-order valence-electron chi connectivity index (χ4n) is 2.65. The van der Waals surface area contributed by atoms with Crippen LogP contribution in [-0.4, -0.2) is 99.2 Å². The fraction of sp³-hybridized carbons (Fsp3) is 0.875. The van der Waals surface area contributed by atoms with Crippen molar-refractivity contribution >= 4 is 23.6 Å². The zero-order valence-electron chi connectivity index (χ0n) is 14.9. The molecule has 0 saturated carbocycles. The maximum absolute atomic E-state index is 11.8. The highest BCUT2D eigenvalue weighted by Crippen LogP contribution is 2.16. The van der Waals surface area contributed by atoms with Gasteiger partial charge in [0, 0.05) is 52.1 Å². The number of nitrogens with zero attached hydrogens (tertiary/aromatic N) is 3. The number of hydrogen-bond acceptors (Lipinski definition) is 5. The van der Waals surface area contributed by atoms with Gasteiger partial charge in [-0.25, -0.2) is 4.99 Å². The van der Waals surface area contributed by atoms with E-state index in [9.17, 15) is 4.79 Å². The molecule has 2 aliphatic rings. The standard InChI is InChI=1S/C16H31N5O2S/c1-20(2)15(22)12-18-16(19-14-4-3-11-24-13-14)17-5-6-21-7-9-23-10-8-21/h14H,3-13H2,1-2H3,(H2,17,18,19). The molecular formula is C16H31N5O2S. The van der Waals surface area contributed by atoms with Crippen molar-refractivity contribution in [1.82, 2.24) is 20.4 Å². The summed E-state index contributed by atoms with van der Waals surface area (Å²) in [4.78, 5) is 20.2. The van der Waals surface area contributed by atoms with Gasteiger partial charge in [-0.05, 0) is 18.6 Å². The van der Waals surface area contributed by atoms with Crippen molar-refractivity contribution in [2.24, 2.45) is 4.99 Å². The molecule has 2 fully saturated rings. The number of carbonyl (C=O) groups is 1. The molecule has 1 amide bonds. The number of guanidine groups is 1. The van der Waals surface area contributed by atoms with E-state index in [1.807, 2.05) is 11.8 Å². The maximum atomic E-state index is 11.8. The Kier molecular flexibility index (Phi) is 8.69. The summed E-state index contributed by atoms with van der Waals surface area (Å²) in [5, 5.41) is 6.88. The van der Waals surface area contributed by atoms with E-state index in [1.54, 1.807) is 19.0 Å². The first-order valence-electron chi connectivity index (χ1n) is 8.78. The molecule has 0 radical (unpaired) electrons. The van der Waals surface area contributed by atoms with Crippen LogP contribution >= 0.6 is 11.8 Å². The molecule has 2 aliphatic heterocycles. The molecule has 0 spiro atoms. The van der Waals surface area contributed by atoms with Gasteiger partial charge in [-0.15, -0.1) is 0 Å². The minimum absolute atomic E-state index is 0.0160. The van der Waals surface area contributed by atoms with Gasteiger partial charge in [-0.3, -0.25) is 9.69 Å². The van der Waals surface area contributed by atoms with Crippen molar-refractivity contribution in [3.05, 3.63) is 0 Å². The number of hydrogen-bond donors (Lipinski definition) is 2. The Balaban J connectivity index is 1.80. The molecule has 1 atom stereocenters. The zero-order valence-corrected chi connectivity index (χ0v) is 15.7. The van der Waals surface area contributed by atoms with E-state index in [1.165, 1.54) is 18.6 Å². The minimum Gasteiger partial charge on any atom is -0.379 e. The zero-order chi connectivity index (χ0) is 17.2. The Bertz CT molecular complexity index is 407. The molecule has 0 aliphatic carbocycles. The third-order valence-corrected chi connectivity index (χ3v) is 5.41. The van der Waals surface area contributed by atoms with Crippen molar-refractivity contribution < 1.29 is 9.53 Å². The summed E-state index contributed by atoms with van der Waals surface area (Å²) >= 11 is 1.98. The highest BCUT2D eigenvalue weighted by atomic mass is 32.2. The lowest BCUT2D eigenvalue weighted by Gasteiger charge is -2.28. The van der Waals surface area contributed by atoms with Gasteiger partial charge in [0.25, 0.3) is 0 Å². The predicted molar refractivity (Wildman–Crippen MR) is 99.7 cm³/mol. The van der Waals surface area contributed by atoms with E-state index in [2.05, 4.69) is 20.5 Å². The lowest BCUT2D eigenvalue weighted by molar-refractivity contribution is -0.127. The first-order valence-corrected chi connectivity index (χ1v) is 9.93. The average molecular weight is 358 g/mol. The van der Waals surface area contributed by atoms with Crippen LogP contribution in [0.3, 0.4) is 0 Å². The number of nitrogens with one attached hydrogen (secondary N) is 2. The summed E-state index contributed by atoms with van der Waals surface area (Å²) in [5.74, 6) is 3.12. The Hall–Kier alpha value is -0.990. The van der Waals surface area contributed by atoms with Crippen molar-refractivity contribution in [1.29, 1.82) is 0 Å². The molecule has 0 aromatic carbocycles. The van der Waals surface area contributed by atoms with Crippen LogP contribution < -0.4 is 10.6 Å². The Morgan fingerprint density at radius 3 is 2.83 bits per heavy atom. The van der Waals surface area contributed by atoms with Gasteiger partial charge in [0.1, 0.15) is 6.54 Å². The highest BCUT2D eigenvalue weighted by Gasteiger charge is 2.16. The molecule has 7 nitrogen and oxygen atoms in total. The van der Waals surface area contributed by atoms with Gasteiger partial charge >= 0.3 is 0 Å². The first kappa shape index (κ1) is 19.3. The van der Waals surface area contributed by atoms with Gasteiger partial charge < -0.3 is 20.3 Å². The van der Waals surface area contributed by atoms with Crippen LogP contribution in [0.15, 0.2) is 4.99 Å². The molecule has 8 heteroatoms. The van der Waals surface area contributed by atoms with Gasteiger partial charge in [0.2, 0.25) is 5.91 Å². The summed E-state index contributed by atoms with van der Waals surface area (Å²) < 4.78 is 5.37. The quantitative estimate of drug-likeness (QED) is 0.508. The van der Waals surface area contributed by atoms with E-state index in [0.29, 0.717) is 6.04 Å². The van der Waals surface area contributed by atoms with Crippen molar-refractivity contribution in [3.8, 4) is 0 Å². The van der Waals surface area contributed by atoms with Crippen molar-refractivity contribution in [2.75, 3.05) is 71.5 Å². The SMILES string of the molecule is CN(C)C(=O)CN=C(NCCN1CCOCC1)NC1CCCSC1. The maximum Gasteiger partial charge on any atom is 0.243 e. The van der Waals surface area contributed by atoms with Crippen LogP contribution in [-0.2, 0) is 9.53 Å². The average Bonchev–Trinajstić information content (AvgIpc) is 2.61. The molecule has 0 aromatic heterocycles. The van der Waals surface area contributed by atoms with Crippen LogP contribution in [0.25, 0.3) is 0 Å². The van der Waals surface area contributed by atoms with E-state index < -0.39 is 0 Å². The monoisotopic (exact) mass is 357 g/mol. The van der Waals surface area contributed by atoms with E-state index in [-0.39, 0.29) is 12.5 Å². The Morgan fingerprint density at radius 1 is 1.38 bits per heavy atom. The topological polar surface area (TPSA) is 69.2 Å². The Morgan fingerprint density at radius 2 is 2.17 bits per heavy atom. The summed E-state index contributed by atoms with van der Waals surface area (Å²) in [6.45, 7) is 5.57. The summed E-state index contributed by atoms with van der Waals surface area (Å²) in [5.41, 5.74) is 0. The largest absolute Gasteiger partial charge is 0.379 e. The smallest absolute Gasteiger partial charge is 0.243 e. The molecule has 2 heterocycles. The van der Waals surface area contributed by atoms with E-state index in [4.69, 9.17) is 4.74 Å². The number of carbonyl (C=O) groups excluding carboxylic acids is 1. The lowest BCUT2D eigenvalue weighted by atomic mass is 10.2. The van der Waals surface area contributed by atoms with Gasteiger partial charge in [-0.1, -0.05) is 0 Å². The van der Waals surface area contributed by atoms with Gasteiger partial charge in [-0.2, -0.15) is 11.8 Å². The number of thioether (sulfide) groups is 1. The van der Waals surface area contributed by atoms with Crippen LogP contribution in [0.5, 0.6) is 0 Å². The minimum atomic E-state index is 0.0160. The molecule has 24 heavy (non-hydrogen) atoms. The molecule has 2 rings (SSSR count). The number of rotatable bonds is 6. The number of likely N-dealkylation sites (N-methyl/N-ethyl adjacent to an activating group) is 1. The van der Waals surface area contributed by atoms with Crippen LogP contribution in [0.1, 0.15) is 12.8 Å². The fourth-order valence-corrected chi connectivity index (χ4v) is 3.72. The highest BCUT2D eigenvalue weighted by molar-refractivity contribution is 7.99. The number of morpholine rings is 1. The summed E-state index contributed by atoms with van der Waals surface area (Å²) in [6.07, 6.45) is 2.40. The number of aliphatic imine (C=N–C) groups is 1. The molecule has 2 saturated heterocycles. The second-order valence-electron chi connectivity index (χ2n) is 6.39. The number of ether oxygens (including phenoxy) is 1. The van der Waals surface area contributed by atoms with Crippen LogP contribution in [0, 0.1) is 0 Å². The van der Waals surface area contributed by atoms with E-state index >= 15 is 0 Å². The Labute approximate surface area is 149 Å². The number of amides is 1. The van der Waals surface area contributed by atoms with Crippen molar-refractivity contribution in [3.63, 3.8) is 0 Å². The second kappa shape index (κ2) is 10.8.